The Kier molecular flexibility index (Phi) is 3.86. The second-order valence-electron chi connectivity index (χ2n) is 4.75. The number of nitriles is 1. The first-order valence-electron chi connectivity index (χ1n) is 6.39. The van der Waals surface area contributed by atoms with Crippen LogP contribution in [0.1, 0.15) is 28.4 Å². The van der Waals surface area contributed by atoms with Crippen molar-refractivity contribution in [3.8, 4) is 6.07 Å². The Hall–Kier alpha value is -2.60. The lowest BCUT2D eigenvalue weighted by Crippen LogP contribution is -2.14. The summed E-state index contributed by atoms with van der Waals surface area (Å²) in [4.78, 5) is 13.7. The van der Waals surface area contributed by atoms with E-state index in [2.05, 4.69) is 6.07 Å². The second kappa shape index (κ2) is 5.58. The first kappa shape index (κ1) is 13.8. The molecule has 0 amide bonds. The summed E-state index contributed by atoms with van der Waals surface area (Å²) in [6, 6.07) is 15.2. The molecule has 2 rings (SSSR count). The summed E-state index contributed by atoms with van der Waals surface area (Å²) in [5.74, 6) is -0.00933. The highest BCUT2D eigenvalue weighted by molar-refractivity contribution is 6.00. The highest BCUT2D eigenvalue weighted by Gasteiger charge is 2.14. The largest absolute Gasteiger partial charge is 0.344 e. The van der Waals surface area contributed by atoms with E-state index in [4.69, 9.17) is 5.26 Å². The van der Waals surface area contributed by atoms with Crippen LogP contribution in [0, 0.1) is 18.3 Å². The van der Waals surface area contributed by atoms with Crippen molar-refractivity contribution in [2.24, 2.45) is 0 Å². The van der Waals surface area contributed by atoms with Crippen molar-refractivity contribution in [3.63, 3.8) is 0 Å². The molecule has 0 aliphatic carbocycles. The normalized spacial score (nSPS) is 9.90. The van der Waals surface area contributed by atoms with Gasteiger partial charge in [-0.1, -0.05) is 18.2 Å². The Bertz CT molecular complexity index is 698. The smallest absolute Gasteiger partial charge is 0.161 e. The number of carbonyl (C=O) groups is 1. The highest BCUT2D eigenvalue weighted by Crippen LogP contribution is 2.30. The van der Waals surface area contributed by atoms with Crippen LogP contribution < -0.4 is 4.90 Å². The number of anilines is 2. The summed E-state index contributed by atoms with van der Waals surface area (Å²) in [7, 11) is 1.91. The van der Waals surface area contributed by atoms with Gasteiger partial charge < -0.3 is 4.90 Å². The lowest BCUT2D eigenvalue weighted by molar-refractivity contribution is 0.101. The fourth-order valence-electron chi connectivity index (χ4n) is 2.25. The summed E-state index contributed by atoms with van der Waals surface area (Å²) in [5.41, 5.74) is 4.06. The van der Waals surface area contributed by atoms with Crippen molar-refractivity contribution >= 4 is 17.2 Å². The van der Waals surface area contributed by atoms with Gasteiger partial charge in [0.1, 0.15) is 0 Å². The monoisotopic (exact) mass is 264 g/mol. The van der Waals surface area contributed by atoms with Crippen LogP contribution in [-0.4, -0.2) is 12.8 Å². The molecule has 0 saturated carbocycles. The van der Waals surface area contributed by atoms with Crippen LogP contribution in [0.2, 0.25) is 0 Å². The Morgan fingerprint density at radius 3 is 2.45 bits per heavy atom. The highest BCUT2D eigenvalue weighted by atomic mass is 16.1. The molecule has 0 bridgehead atoms. The van der Waals surface area contributed by atoms with Gasteiger partial charge in [-0.3, -0.25) is 4.79 Å². The van der Waals surface area contributed by atoms with Crippen molar-refractivity contribution in [2.45, 2.75) is 13.8 Å². The lowest BCUT2D eigenvalue weighted by Gasteiger charge is -2.23. The van der Waals surface area contributed by atoms with Crippen LogP contribution in [0.4, 0.5) is 11.4 Å². The third-order valence-electron chi connectivity index (χ3n) is 3.34. The summed E-state index contributed by atoms with van der Waals surface area (Å²) in [5, 5.41) is 9.05. The minimum Gasteiger partial charge on any atom is -0.344 e. The number of aryl methyl sites for hydroxylation is 1. The fourth-order valence-corrected chi connectivity index (χ4v) is 2.25. The van der Waals surface area contributed by atoms with Gasteiger partial charge in [0.15, 0.2) is 5.78 Å². The van der Waals surface area contributed by atoms with E-state index in [9.17, 15) is 4.79 Å². The SMILES string of the molecule is CC(=O)c1ccc(C#N)cc1N(C)c1ccccc1C. The first-order chi connectivity index (χ1) is 9.54. The van der Waals surface area contributed by atoms with Crippen molar-refractivity contribution in [2.75, 3.05) is 11.9 Å². The van der Waals surface area contributed by atoms with E-state index in [1.165, 1.54) is 6.92 Å². The van der Waals surface area contributed by atoms with Crippen molar-refractivity contribution in [1.82, 2.24) is 0 Å². The molecule has 0 aliphatic heterocycles. The molecule has 3 nitrogen and oxygen atoms in total. The van der Waals surface area contributed by atoms with E-state index in [0.717, 1.165) is 16.9 Å². The van der Waals surface area contributed by atoms with Crippen molar-refractivity contribution < 1.29 is 4.79 Å². The molecular formula is C17H16N2O. The maximum Gasteiger partial charge on any atom is 0.161 e. The van der Waals surface area contributed by atoms with Gasteiger partial charge in [-0.05, 0) is 43.7 Å². The number of rotatable bonds is 3. The molecule has 3 heteroatoms. The van der Waals surface area contributed by atoms with E-state index < -0.39 is 0 Å². The molecule has 0 unspecified atom stereocenters. The number of para-hydroxylation sites is 1. The number of carbonyl (C=O) groups excluding carboxylic acids is 1. The molecule has 0 heterocycles. The van der Waals surface area contributed by atoms with Gasteiger partial charge in [-0.15, -0.1) is 0 Å². The summed E-state index contributed by atoms with van der Waals surface area (Å²) in [6.07, 6.45) is 0. The van der Waals surface area contributed by atoms with E-state index >= 15 is 0 Å². The molecule has 0 N–H and O–H groups in total. The van der Waals surface area contributed by atoms with E-state index in [-0.39, 0.29) is 5.78 Å². The van der Waals surface area contributed by atoms with Gasteiger partial charge in [-0.2, -0.15) is 5.26 Å². The number of Topliss-reactive ketones (excluding diaryl/α,β-unsaturated/α-hetero) is 1. The second-order valence-corrected chi connectivity index (χ2v) is 4.75. The molecule has 20 heavy (non-hydrogen) atoms. The molecular weight excluding hydrogens is 248 g/mol. The van der Waals surface area contributed by atoms with Crippen molar-refractivity contribution in [1.29, 1.82) is 5.26 Å². The predicted molar refractivity (Wildman–Crippen MR) is 80.4 cm³/mol. The molecule has 0 fully saturated rings. The van der Waals surface area contributed by atoms with Crippen LogP contribution in [0.5, 0.6) is 0 Å². The topological polar surface area (TPSA) is 44.1 Å². The Labute approximate surface area is 119 Å². The summed E-state index contributed by atoms with van der Waals surface area (Å²) in [6.45, 7) is 3.56. The van der Waals surface area contributed by atoms with Crippen molar-refractivity contribution in [3.05, 3.63) is 59.2 Å². The minimum atomic E-state index is -0.00933. The van der Waals surface area contributed by atoms with E-state index in [1.54, 1.807) is 18.2 Å². The third-order valence-corrected chi connectivity index (χ3v) is 3.34. The number of ketones is 1. The van der Waals surface area contributed by atoms with Crippen LogP contribution >= 0.6 is 0 Å². The zero-order valence-corrected chi connectivity index (χ0v) is 11.8. The van der Waals surface area contributed by atoms with Crippen LogP contribution in [-0.2, 0) is 0 Å². The number of nitrogens with zero attached hydrogens (tertiary/aromatic N) is 2. The quantitative estimate of drug-likeness (QED) is 0.791. The molecule has 2 aromatic rings. The van der Waals surface area contributed by atoms with Crippen LogP contribution in [0.15, 0.2) is 42.5 Å². The Morgan fingerprint density at radius 2 is 1.85 bits per heavy atom. The van der Waals surface area contributed by atoms with E-state index in [0.29, 0.717) is 11.1 Å². The maximum absolute atomic E-state index is 11.8. The Morgan fingerprint density at radius 1 is 1.15 bits per heavy atom. The van der Waals surface area contributed by atoms with Gasteiger partial charge in [0.25, 0.3) is 0 Å². The first-order valence-corrected chi connectivity index (χ1v) is 6.39. The van der Waals surface area contributed by atoms with Crippen LogP contribution in [0.25, 0.3) is 0 Å². The third kappa shape index (κ3) is 2.55. The molecule has 0 spiro atoms. The molecule has 0 aliphatic rings. The number of hydrogen-bond acceptors (Lipinski definition) is 3. The lowest BCUT2D eigenvalue weighted by atomic mass is 10.0. The summed E-state index contributed by atoms with van der Waals surface area (Å²) < 4.78 is 0. The fraction of sp³-hybridized carbons (Fsp3) is 0.176. The van der Waals surface area contributed by atoms with Gasteiger partial charge in [0.2, 0.25) is 0 Å². The molecule has 0 atom stereocenters. The standard InChI is InChI=1S/C17H16N2O/c1-12-6-4-5-7-16(12)19(3)17-10-14(11-18)8-9-15(17)13(2)20/h4-10H,1-3H3. The summed E-state index contributed by atoms with van der Waals surface area (Å²) >= 11 is 0. The molecule has 100 valence electrons. The van der Waals surface area contributed by atoms with Gasteiger partial charge >= 0.3 is 0 Å². The average molecular weight is 264 g/mol. The molecule has 2 aromatic carbocycles. The molecule has 0 aromatic heterocycles. The predicted octanol–water partition coefficient (Wildman–Crippen LogP) is 3.84. The zero-order chi connectivity index (χ0) is 14.7. The van der Waals surface area contributed by atoms with Gasteiger partial charge in [0.05, 0.1) is 17.3 Å². The molecule has 0 saturated heterocycles. The van der Waals surface area contributed by atoms with Gasteiger partial charge in [0, 0.05) is 18.3 Å². The minimum absolute atomic E-state index is 0.00933. The van der Waals surface area contributed by atoms with E-state index in [1.807, 2.05) is 43.1 Å². The number of hydrogen-bond donors (Lipinski definition) is 0. The van der Waals surface area contributed by atoms with Crippen LogP contribution in [0.3, 0.4) is 0 Å². The Balaban J connectivity index is 2.59. The average Bonchev–Trinajstić information content (AvgIpc) is 2.46. The zero-order valence-electron chi connectivity index (χ0n) is 11.8. The maximum atomic E-state index is 11.8. The number of benzene rings is 2. The molecule has 0 radical (unpaired) electrons. The van der Waals surface area contributed by atoms with Gasteiger partial charge in [-0.25, -0.2) is 0 Å².